The molecule has 0 saturated heterocycles. The van der Waals surface area contributed by atoms with Gasteiger partial charge < -0.3 is 14.8 Å². The standard InChI is InChI=1S/C24H29NO3S/c1-27-21-13-18-19(14-22(21)28-2)24(11-7-4-8-12-24)15-20(18)25-23(26)16-29-17-9-5-3-6-10-17/h3,5-6,9-10,13-14,20H,4,7-8,11-12,15-16H2,1-2H3,(H,25,26). The van der Waals surface area contributed by atoms with Crippen molar-refractivity contribution in [1.82, 2.24) is 5.32 Å². The van der Waals surface area contributed by atoms with Crippen LogP contribution in [-0.2, 0) is 10.2 Å². The highest BCUT2D eigenvalue weighted by Crippen LogP contribution is 2.55. The second kappa shape index (κ2) is 8.70. The van der Waals surface area contributed by atoms with Gasteiger partial charge in [0.25, 0.3) is 0 Å². The van der Waals surface area contributed by atoms with Crippen molar-refractivity contribution in [2.75, 3.05) is 20.0 Å². The molecule has 1 unspecified atom stereocenters. The number of rotatable bonds is 6. The first kappa shape index (κ1) is 20.1. The summed E-state index contributed by atoms with van der Waals surface area (Å²) in [5.41, 5.74) is 2.69. The summed E-state index contributed by atoms with van der Waals surface area (Å²) < 4.78 is 11.1. The average Bonchev–Trinajstić information content (AvgIpc) is 3.04. The number of nitrogens with one attached hydrogen (secondary N) is 1. The Morgan fingerprint density at radius 3 is 2.45 bits per heavy atom. The van der Waals surface area contributed by atoms with E-state index in [4.69, 9.17) is 9.47 Å². The Labute approximate surface area is 177 Å². The van der Waals surface area contributed by atoms with Gasteiger partial charge in [0.15, 0.2) is 11.5 Å². The van der Waals surface area contributed by atoms with Crippen molar-refractivity contribution in [1.29, 1.82) is 0 Å². The molecule has 0 aliphatic heterocycles. The third-order valence-electron chi connectivity index (χ3n) is 6.36. The molecule has 0 bridgehead atoms. The van der Waals surface area contributed by atoms with E-state index in [1.165, 1.54) is 43.2 Å². The van der Waals surface area contributed by atoms with Crippen LogP contribution < -0.4 is 14.8 Å². The first-order chi connectivity index (χ1) is 14.1. The molecule has 2 aromatic rings. The normalized spacial score (nSPS) is 19.6. The highest BCUT2D eigenvalue weighted by atomic mass is 32.2. The van der Waals surface area contributed by atoms with E-state index in [9.17, 15) is 4.79 Å². The maximum atomic E-state index is 12.7. The number of carbonyl (C=O) groups excluding carboxylic acids is 1. The monoisotopic (exact) mass is 411 g/mol. The molecule has 1 amide bonds. The van der Waals surface area contributed by atoms with E-state index in [2.05, 4.69) is 17.4 Å². The fourth-order valence-corrected chi connectivity index (χ4v) is 5.72. The highest BCUT2D eigenvalue weighted by Gasteiger charge is 2.45. The molecule has 1 atom stereocenters. The third kappa shape index (κ3) is 4.11. The molecule has 29 heavy (non-hydrogen) atoms. The number of methoxy groups -OCH3 is 2. The number of amides is 1. The number of hydrogen-bond donors (Lipinski definition) is 1. The second-order valence-corrected chi connectivity index (χ2v) is 9.11. The summed E-state index contributed by atoms with van der Waals surface area (Å²) in [5.74, 6) is 2.02. The molecule has 1 fully saturated rings. The SMILES string of the molecule is COc1cc2c(cc1OC)C1(CCCCC1)CC2NC(=O)CSc1ccccc1. The summed E-state index contributed by atoms with van der Waals surface area (Å²) in [5, 5.41) is 3.31. The molecule has 2 aromatic carbocycles. The number of carbonyl (C=O) groups is 1. The zero-order chi connectivity index (χ0) is 20.3. The molecule has 2 aliphatic carbocycles. The molecule has 5 heteroatoms. The summed E-state index contributed by atoms with van der Waals surface area (Å²) in [6.45, 7) is 0. The van der Waals surface area contributed by atoms with Crippen molar-refractivity contribution < 1.29 is 14.3 Å². The predicted molar refractivity (Wildman–Crippen MR) is 117 cm³/mol. The Hall–Kier alpha value is -2.14. The van der Waals surface area contributed by atoms with Gasteiger partial charge in [-0.2, -0.15) is 0 Å². The summed E-state index contributed by atoms with van der Waals surface area (Å²) in [7, 11) is 3.35. The van der Waals surface area contributed by atoms with Gasteiger partial charge in [-0.1, -0.05) is 37.5 Å². The number of thioether (sulfide) groups is 1. The summed E-state index contributed by atoms with van der Waals surface area (Å²) in [6.07, 6.45) is 7.13. The zero-order valence-electron chi connectivity index (χ0n) is 17.2. The number of ether oxygens (including phenoxy) is 2. The van der Waals surface area contributed by atoms with Gasteiger partial charge in [0.2, 0.25) is 5.91 Å². The minimum Gasteiger partial charge on any atom is -0.493 e. The van der Waals surface area contributed by atoms with Gasteiger partial charge in [0.1, 0.15) is 0 Å². The zero-order valence-corrected chi connectivity index (χ0v) is 18.0. The van der Waals surface area contributed by atoms with Crippen LogP contribution in [0.15, 0.2) is 47.4 Å². The second-order valence-electron chi connectivity index (χ2n) is 8.06. The average molecular weight is 412 g/mol. The molecule has 154 valence electrons. The number of benzene rings is 2. The Bertz CT molecular complexity index is 862. The van der Waals surface area contributed by atoms with Gasteiger partial charge in [-0.3, -0.25) is 4.79 Å². The molecule has 1 N–H and O–H groups in total. The van der Waals surface area contributed by atoms with Gasteiger partial charge in [-0.05, 0) is 60.1 Å². The van der Waals surface area contributed by atoms with Gasteiger partial charge in [-0.25, -0.2) is 0 Å². The van der Waals surface area contributed by atoms with Crippen LogP contribution in [0, 0.1) is 0 Å². The van der Waals surface area contributed by atoms with Crippen molar-refractivity contribution in [2.24, 2.45) is 0 Å². The molecule has 1 spiro atoms. The molecule has 2 aliphatic rings. The lowest BCUT2D eigenvalue weighted by atomic mass is 9.70. The highest BCUT2D eigenvalue weighted by molar-refractivity contribution is 8.00. The van der Waals surface area contributed by atoms with Crippen LogP contribution in [0.3, 0.4) is 0 Å². The topological polar surface area (TPSA) is 47.6 Å². The van der Waals surface area contributed by atoms with Crippen LogP contribution >= 0.6 is 11.8 Å². The molecule has 4 nitrogen and oxygen atoms in total. The van der Waals surface area contributed by atoms with Gasteiger partial charge in [0.05, 0.1) is 26.0 Å². The molecular formula is C24H29NO3S. The quantitative estimate of drug-likeness (QED) is 0.659. The fourth-order valence-electron chi connectivity index (χ4n) is 4.99. The fraction of sp³-hybridized carbons (Fsp3) is 0.458. The van der Waals surface area contributed by atoms with Crippen LogP contribution in [0.25, 0.3) is 0 Å². The summed E-state index contributed by atoms with van der Waals surface area (Å²) >= 11 is 1.58. The largest absolute Gasteiger partial charge is 0.493 e. The minimum absolute atomic E-state index is 0.0341. The smallest absolute Gasteiger partial charge is 0.230 e. The lowest BCUT2D eigenvalue weighted by Crippen LogP contribution is -2.31. The Kier molecular flexibility index (Phi) is 6.04. The van der Waals surface area contributed by atoms with Crippen molar-refractivity contribution in [3.05, 3.63) is 53.6 Å². The van der Waals surface area contributed by atoms with Crippen molar-refractivity contribution in [3.8, 4) is 11.5 Å². The Morgan fingerprint density at radius 2 is 1.76 bits per heavy atom. The van der Waals surface area contributed by atoms with Crippen LogP contribution in [0.1, 0.15) is 55.7 Å². The Morgan fingerprint density at radius 1 is 1.07 bits per heavy atom. The van der Waals surface area contributed by atoms with Crippen LogP contribution in [0.4, 0.5) is 0 Å². The van der Waals surface area contributed by atoms with E-state index in [-0.39, 0.29) is 17.4 Å². The van der Waals surface area contributed by atoms with Gasteiger partial charge in [0, 0.05) is 4.90 Å². The van der Waals surface area contributed by atoms with E-state index in [0.29, 0.717) is 5.75 Å². The summed E-state index contributed by atoms with van der Waals surface area (Å²) in [6, 6.07) is 14.3. The van der Waals surface area contributed by atoms with E-state index < -0.39 is 0 Å². The first-order valence-electron chi connectivity index (χ1n) is 10.4. The van der Waals surface area contributed by atoms with Crippen LogP contribution in [0.5, 0.6) is 11.5 Å². The molecule has 0 aromatic heterocycles. The van der Waals surface area contributed by atoms with Gasteiger partial charge >= 0.3 is 0 Å². The Balaban J connectivity index is 1.56. The van der Waals surface area contributed by atoms with Crippen LogP contribution in [-0.4, -0.2) is 25.9 Å². The molecule has 0 radical (unpaired) electrons. The number of hydrogen-bond acceptors (Lipinski definition) is 4. The van der Waals surface area contributed by atoms with Crippen molar-refractivity contribution >= 4 is 17.7 Å². The van der Waals surface area contributed by atoms with Gasteiger partial charge in [-0.15, -0.1) is 11.8 Å². The molecule has 0 heterocycles. The van der Waals surface area contributed by atoms with E-state index in [0.717, 1.165) is 22.8 Å². The van der Waals surface area contributed by atoms with Crippen LogP contribution in [0.2, 0.25) is 0 Å². The molecule has 1 saturated carbocycles. The predicted octanol–water partition coefficient (Wildman–Crippen LogP) is 5.26. The third-order valence-corrected chi connectivity index (χ3v) is 7.37. The van der Waals surface area contributed by atoms with E-state index in [1.807, 2.05) is 30.3 Å². The first-order valence-corrected chi connectivity index (χ1v) is 11.4. The minimum atomic E-state index is 0.0341. The molecule has 4 rings (SSSR count). The maximum absolute atomic E-state index is 12.7. The lowest BCUT2D eigenvalue weighted by molar-refractivity contribution is -0.119. The van der Waals surface area contributed by atoms with E-state index in [1.54, 1.807) is 26.0 Å². The van der Waals surface area contributed by atoms with Crippen molar-refractivity contribution in [2.45, 2.75) is 54.9 Å². The summed E-state index contributed by atoms with van der Waals surface area (Å²) in [4.78, 5) is 13.9. The molecular weight excluding hydrogens is 382 g/mol. The van der Waals surface area contributed by atoms with E-state index >= 15 is 0 Å². The van der Waals surface area contributed by atoms with Crippen molar-refractivity contribution in [3.63, 3.8) is 0 Å². The number of fused-ring (bicyclic) bond motifs is 2. The lowest BCUT2D eigenvalue weighted by Gasteiger charge is -2.35. The maximum Gasteiger partial charge on any atom is 0.230 e.